The Kier molecular flexibility index (Phi) is 5.55. The van der Waals surface area contributed by atoms with Crippen molar-refractivity contribution in [1.29, 1.82) is 0 Å². The molecule has 1 aromatic rings. The average Bonchev–Trinajstić information content (AvgIpc) is 2.65. The Labute approximate surface area is 176 Å². The van der Waals surface area contributed by atoms with Crippen LogP contribution in [0.2, 0.25) is 5.02 Å². The molecule has 0 saturated carbocycles. The third-order valence-electron chi connectivity index (χ3n) is 5.44. The number of halogens is 4. The van der Waals surface area contributed by atoms with Gasteiger partial charge in [-0.15, -0.1) is 0 Å². The van der Waals surface area contributed by atoms with E-state index in [1.54, 1.807) is 9.80 Å². The lowest BCUT2D eigenvalue weighted by Crippen LogP contribution is -2.64. The largest absolute Gasteiger partial charge is 0.417 e. The number of hydrogen-bond donors (Lipinski definition) is 1. The fourth-order valence-corrected chi connectivity index (χ4v) is 4.10. The molecule has 3 aliphatic heterocycles. The van der Waals surface area contributed by atoms with Gasteiger partial charge in [-0.05, 0) is 24.6 Å². The molecule has 1 aromatic carbocycles. The summed E-state index contributed by atoms with van der Waals surface area (Å²) in [6, 6.07) is 3.10. The van der Waals surface area contributed by atoms with Crippen molar-refractivity contribution in [3.63, 3.8) is 0 Å². The van der Waals surface area contributed by atoms with E-state index in [4.69, 9.17) is 16.3 Å². The van der Waals surface area contributed by atoms with Crippen LogP contribution in [0.25, 0.3) is 0 Å². The molecular formula is C20H19ClF3N3O3. The molecule has 3 fully saturated rings. The zero-order valence-corrected chi connectivity index (χ0v) is 16.6. The van der Waals surface area contributed by atoms with Crippen molar-refractivity contribution in [2.24, 2.45) is 5.92 Å². The number of carbonyl (C=O) groups excluding carboxylic acids is 2. The normalized spacial score (nSPS) is 24.3. The first-order valence-corrected chi connectivity index (χ1v) is 9.91. The molecule has 6 nitrogen and oxygen atoms in total. The lowest BCUT2D eigenvalue weighted by Gasteiger charge is -2.45. The predicted octanol–water partition coefficient (Wildman–Crippen LogP) is 2.35. The van der Waals surface area contributed by atoms with E-state index in [0.29, 0.717) is 38.2 Å². The minimum Gasteiger partial charge on any atom is -0.366 e. The molecular weight excluding hydrogens is 423 g/mol. The van der Waals surface area contributed by atoms with Gasteiger partial charge in [0.2, 0.25) is 5.91 Å². The van der Waals surface area contributed by atoms with Crippen molar-refractivity contribution in [3.8, 4) is 11.8 Å². The Hall–Kier alpha value is -2.44. The fraction of sp³-hybridized carbons (Fsp3) is 0.500. The summed E-state index contributed by atoms with van der Waals surface area (Å²) in [6.45, 7) is 1.94. The summed E-state index contributed by atoms with van der Waals surface area (Å²) >= 11 is 5.70. The van der Waals surface area contributed by atoms with Crippen LogP contribution in [0.4, 0.5) is 18.0 Å². The second kappa shape index (κ2) is 8.00. The summed E-state index contributed by atoms with van der Waals surface area (Å²) in [6.07, 6.45) is -3.89. The van der Waals surface area contributed by atoms with Gasteiger partial charge in [0.15, 0.2) is 0 Å². The third-order valence-corrected chi connectivity index (χ3v) is 5.75. The number of ether oxygens (including phenoxy) is 1. The quantitative estimate of drug-likeness (QED) is 0.629. The molecule has 3 heterocycles. The van der Waals surface area contributed by atoms with Crippen molar-refractivity contribution < 1.29 is 27.5 Å². The number of morpholine rings is 1. The van der Waals surface area contributed by atoms with Crippen molar-refractivity contribution in [1.82, 2.24) is 15.1 Å². The molecule has 3 aliphatic rings. The van der Waals surface area contributed by atoms with Crippen LogP contribution in [-0.2, 0) is 15.7 Å². The number of likely N-dealkylation sites (tertiary alicyclic amines) is 2. The van der Waals surface area contributed by atoms with E-state index in [-0.39, 0.29) is 41.6 Å². The summed E-state index contributed by atoms with van der Waals surface area (Å²) in [5.41, 5.74) is -0.494. The van der Waals surface area contributed by atoms with Gasteiger partial charge in [0.05, 0.1) is 28.6 Å². The number of hydrogen-bond acceptors (Lipinski definition) is 3. The van der Waals surface area contributed by atoms with Crippen LogP contribution in [0, 0.1) is 17.8 Å². The van der Waals surface area contributed by atoms with E-state index in [1.165, 1.54) is 12.1 Å². The Balaban J connectivity index is 1.30. The van der Waals surface area contributed by atoms with Gasteiger partial charge in [-0.1, -0.05) is 23.4 Å². The van der Waals surface area contributed by atoms with Crippen molar-refractivity contribution in [3.05, 3.63) is 34.3 Å². The Morgan fingerprint density at radius 2 is 2.00 bits per heavy atom. The molecule has 3 amide bonds. The molecule has 0 aromatic heterocycles. The van der Waals surface area contributed by atoms with Crippen LogP contribution in [0.5, 0.6) is 0 Å². The second-order valence-electron chi connectivity index (χ2n) is 7.60. The summed E-state index contributed by atoms with van der Waals surface area (Å²) in [7, 11) is 0. The zero-order valence-electron chi connectivity index (χ0n) is 15.8. The highest BCUT2D eigenvalue weighted by atomic mass is 35.5. The number of alkyl halides is 3. The maximum absolute atomic E-state index is 12.8. The highest BCUT2D eigenvalue weighted by Crippen LogP contribution is 2.34. The number of carbonyl (C=O) groups is 2. The molecule has 160 valence electrons. The number of nitrogens with zero attached hydrogens (tertiary/aromatic N) is 2. The van der Waals surface area contributed by atoms with Gasteiger partial charge in [-0.25, -0.2) is 4.79 Å². The molecule has 0 unspecified atom stereocenters. The molecule has 30 heavy (non-hydrogen) atoms. The molecule has 0 radical (unpaired) electrons. The SMILES string of the molecule is O=C1CO[C@H]2CCN(C(=O)N3CC(C#Cc4ccc(C(F)(F)F)c(Cl)c4)C3)C[C@H]2N1. The first-order chi connectivity index (χ1) is 14.2. The van der Waals surface area contributed by atoms with Gasteiger partial charge in [0.1, 0.15) is 6.61 Å². The Morgan fingerprint density at radius 3 is 2.70 bits per heavy atom. The average molecular weight is 442 g/mol. The fourth-order valence-electron chi connectivity index (χ4n) is 3.81. The van der Waals surface area contributed by atoms with Gasteiger partial charge in [0.25, 0.3) is 0 Å². The van der Waals surface area contributed by atoms with Crippen LogP contribution in [-0.4, -0.2) is 66.7 Å². The second-order valence-corrected chi connectivity index (χ2v) is 8.01. The lowest BCUT2D eigenvalue weighted by atomic mass is 9.98. The van der Waals surface area contributed by atoms with Crippen LogP contribution in [0.15, 0.2) is 18.2 Å². The maximum Gasteiger partial charge on any atom is 0.417 e. The molecule has 0 aliphatic carbocycles. The number of fused-ring (bicyclic) bond motifs is 1. The van der Waals surface area contributed by atoms with E-state index >= 15 is 0 Å². The lowest BCUT2D eigenvalue weighted by molar-refractivity contribution is -0.140. The smallest absolute Gasteiger partial charge is 0.366 e. The summed E-state index contributed by atoms with van der Waals surface area (Å²) in [4.78, 5) is 27.5. The van der Waals surface area contributed by atoms with Crippen LogP contribution in [0.3, 0.4) is 0 Å². The predicted molar refractivity (Wildman–Crippen MR) is 102 cm³/mol. The van der Waals surface area contributed by atoms with Crippen molar-refractivity contribution >= 4 is 23.5 Å². The highest BCUT2D eigenvalue weighted by molar-refractivity contribution is 6.31. The van der Waals surface area contributed by atoms with E-state index in [1.807, 2.05) is 0 Å². The van der Waals surface area contributed by atoms with Crippen LogP contribution in [0.1, 0.15) is 17.5 Å². The number of piperidine rings is 1. The van der Waals surface area contributed by atoms with E-state index < -0.39 is 11.7 Å². The first-order valence-electron chi connectivity index (χ1n) is 9.54. The van der Waals surface area contributed by atoms with Gasteiger partial charge < -0.3 is 19.9 Å². The zero-order chi connectivity index (χ0) is 21.5. The van der Waals surface area contributed by atoms with E-state index in [2.05, 4.69) is 17.2 Å². The standard InChI is InChI=1S/C20H19ClF3N3O3/c21-15-7-12(3-4-14(15)20(22,23)24)1-2-13-8-27(9-13)19(29)26-6-5-17-16(10-26)25-18(28)11-30-17/h3-4,7,13,16-17H,5-6,8-11H2,(H,25,28)/t16-,17+/m1/s1. The summed E-state index contributed by atoms with van der Waals surface area (Å²) in [5.74, 6) is 5.59. The molecule has 0 spiro atoms. The number of nitrogens with one attached hydrogen (secondary N) is 1. The Bertz CT molecular complexity index is 921. The van der Waals surface area contributed by atoms with Gasteiger partial charge >= 0.3 is 12.2 Å². The molecule has 0 bridgehead atoms. The van der Waals surface area contributed by atoms with Crippen molar-refractivity contribution in [2.45, 2.75) is 24.7 Å². The van der Waals surface area contributed by atoms with Crippen LogP contribution >= 0.6 is 11.6 Å². The summed E-state index contributed by atoms with van der Waals surface area (Å²) < 4.78 is 43.8. The highest BCUT2D eigenvalue weighted by Gasteiger charge is 2.39. The van der Waals surface area contributed by atoms with Gasteiger partial charge in [-0.2, -0.15) is 13.2 Å². The topological polar surface area (TPSA) is 61.9 Å². The van der Waals surface area contributed by atoms with E-state index in [9.17, 15) is 22.8 Å². The third kappa shape index (κ3) is 4.35. The summed E-state index contributed by atoms with van der Waals surface area (Å²) in [5, 5.41) is 2.48. The first kappa shape index (κ1) is 20.8. The molecule has 2 atom stereocenters. The minimum atomic E-state index is -4.50. The van der Waals surface area contributed by atoms with Gasteiger partial charge in [-0.3, -0.25) is 4.79 Å². The van der Waals surface area contributed by atoms with Crippen molar-refractivity contribution in [2.75, 3.05) is 32.8 Å². The van der Waals surface area contributed by atoms with Crippen LogP contribution < -0.4 is 5.32 Å². The molecule has 10 heteroatoms. The number of benzene rings is 1. The molecule has 4 rings (SSSR count). The maximum atomic E-state index is 12.8. The number of rotatable bonds is 0. The molecule has 3 saturated heterocycles. The minimum absolute atomic E-state index is 0.0507. The van der Waals surface area contributed by atoms with Gasteiger partial charge in [0, 0.05) is 31.7 Å². The van der Waals surface area contributed by atoms with E-state index in [0.717, 1.165) is 6.07 Å². The Morgan fingerprint density at radius 1 is 1.23 bits per heavy atom. The number of urea groups is 1. The molecule has 1 N–H and O–H groups in total. The monoisotopic (exact) mass is 441 g/mol. The number of amides is 3.